The van der Waals surface area contributed by atoms with E-state index in [0.717, 1.165) is 24.4 Å². The second kappa shape index (κ2) is 7.43. The van der Waals surface area contributed by atoms with Crippen molar-refractivity contribution in [2.45, 2.75) is 25.5 Å². The molecule has 116 valence electrons. The van der Waals surface area contributed by atoms with Gasteiger partial charge in [0.2, 0.25) is 5.91 Å². The molecule has 0 radical (unpaired) electrons. The fourth-order valence-corrected chi connectivity index (χ4v) is 2.76. The van der Waals surface area contributed by atoms with E-state index >= 15 is 0 Å². The van der Waals surface area contributed by atoms with E-state index in [1.54, 1.807) is 7.11 Å². The van der Waals surface area contributed by atoms with Crippen molar-refractivity contribution in [1.29, 1.82) is 0 Å². The van der Waals surface area contributed by atoms with Gasteiger partial charge in [-0.15, -0.1) is 0 Å². The van der Waals surface area contributed by atoms with Gasteiger partial charge in [0.1, 0.15) is 5.75 Å². The predicted molar refractivity (Wildman–Crippen MR) is 81.5 cm³/mol. The van der Waals surface area contributed by atoms with E-state index in [0.29, 0.717) is 13.0 Å². The number of likely N-dealkylation sites (tertiary alicyclic amines) is 1. The predicted octanol–water partition coefficient (Wildman–Crippen LogP) is 1.07. The lowest BCUT2D eigenvalue weighted by molar-refractivity contribution is -0.121. The van der Waals surface area contributed by atoms with E-state index in [4.69, 9.17) is 9.47 Å². The summed E-state index contributed by atoms with van der Waals surface area (Å²) < 4.78 is 11.0. The summed E-state index contributed by atoms with van der Waals surface area (Å²) in [5, 5.41) is 3.08. The van der Waals surface area contributed by atoms with Crippen LogP contribution in [0, 0.1) is 0 Å². The molecule has 1 saturated heterocycles. The van der Waals surface area contributed by atoms with Gasteiger partial charge in [-0.2, -0.15) is 0 Å². The average molecular weight is 292 g/mol. The van der Waals surface area contributed by atoms with E-state index in [1.165, 1.54) is 0 Å². The van der Waals surface area contributed by atoms with Crippen LogP contribution in [0.4, 0.5) is 0 Å². The van der Waals surface area contributed by atoms with Crippen molar-refractivity contribution >= 4 is 5.91 Å². The number of benzene rings is 1. The highest BCUT2D eigenvalue weighted by atomic mass is 16.5. The van der Waals surface area contributed by atoms with Crippen molar-refractivity contribution in [3.8, 4) is 5.75 Å². The van der Waals surface area contributed by atoms with Gasteiger partial charge in [-0.05, 0) is 20.0 Å². The molecular formula is C16H24N2O3. The summed E-state index contributed by atoms with van der Waals surface area (Å²) in [5.74, 6) is 0.752. The molecule has 0 bridgehead atoms. The summed E-state index contributed by atoms with van der Waals surface area (Å²) in [6.07, 6.45) is 0.393. The number of nitrogens with one attached hydrogen (secondary N) is 1. The van der Waals surface area contributed by atoms with Crippen molar-refractivity contribution in [1.82, 2.24) is 10.2 Å². The summed E-state index contributed by atoms with van der Waals surface area (Å²) in [6, 6.07) is 7.65. The van der Waals surface area contributed by atoms with Gasteiger partial charge >= 0.3 is 0 Å². The highest BCUT2D eigenvalue weighted by molar-refractivity contribution is 5.79. The summed E-state index contributed by atoms with van der Waals surface area (Å²) in [5.41, 5.74) is 0.900. The van der Waals surface area contributed by atoms with Crippen LogP contribution < -0.4 is 10.1 Å². The van der Waals surface area contributed by atoms with Crippen molar-refractivity contribution in [3.63, 3.8) is 0 Å². The number of rotatable bonds is 6. The largest absolute Gasteiger partial charge is 0.496 e. The van der Waals surface area contributed by atoms with Gasteiger partial charge in [0, 0.05) is 25.3 Å². The molecule has 1 N–H and O–H groups in total. The average Bonchev–Trinajstić information content (AvgIpc) is 2.79. The van der Waals surface area contributed by atoms with Crippen LogP contribution in [0.3, 0.4) is 0 Å². The van der Waals surface area contributed by atoms with Crippen LogP contribution in [0.2, 0.25) is 0 Å². The molecule has 1 heterocycles. The highest BCUT2D eigenvalue weighted by Gasteiger charge is 2.32. The lowest BCUT2D eigenvalue weighted by Gasteiger charge is -2.20. The molecule has 1 aromatic rings. The Morgan fingerprint density at radius 3 is 2.86 bits per heavy atom. The maximum absolute atomic E-state index is 12.3. The summed E-state index contributed by atoms with van der Waals surface area (Å²) >= 11 is 0. The molecule has 21 heavy (non-hydrogen) atoms. The summed E-state index contributed by atoms with van der Waals surface area (Å²) in [7, 11) is 3.66. The minimum absolute atomic E-state index is 0.00417. The van der Waals surface area contributed by atoms with Gasteiger partial charge in [0.05, 0.1) is 25.7 Å². The van der Waals surface area contributed by atoms with Crippen molar-refractivity contribution < 1.29 is 14.3 Å². The molecule has 1 aliphatic heterocycles. The van der Waals surface area contributed by atoms with Crippen LogP contribution in [0.5, 0.6) is 5.75 Å². The molecule has 0 unspecified atom stereocenters. The molecule has 0 spiro atoms. The van der Waals surface area contributed by atoms with Gasteiger partial charge in [-0.3, -0.25) is 4.79 Å². The number of ether oxygens (including phenoxy) is 2. The zero-order chi connectivity index (χ0) is 15.2. The smallest absolute Gasteiger partial charge is 0.224 e. The molecule has 0 saturated carbocycles. The number of likely N-dealkylation sites (N-methyl/N-ethyl adjacent to an activating group) is 1. The third-order valence-corrected chi connectivity index (χ3v) is 3.72. The monoisotopic (exact) mass is 292 g/mol. The first kappa shape index (κ1) is 15.8. The van der Waals surface area contributed by atoms with Gasteiger partial charge in [-0.1, -0.05) is 18.2 Å². The Bertz CT molecular complexity index is 478. The molecule has 0 aliphatic carbocycles. The first-order valence-corrected chi connectivity index (χ1v) is 7.35. The quantitative estimate of drug-likeness (QED) is 0.852. The maximum atomic E-state index is 12.3. The first-order chi connectivity index (χ1) is 10.1. The first-order valence-electron chi connectivity index (χ1n) is 7.35. The normalized spacial score (nSPS) is 22.2. The molecule has 5 heteroatoms. The molecule has 1 fully saturated rings. The number of amides is 1. The number of carbonyl (C=O) groups excluding carboxylic acids is 1. The fourth-order valence-electron chi connectivity index (χ4n) is 2.76. The minimum atomic E-state index is 0.00417. The van der Waals surface area contributed by atoms with Gasteiger partial charge in [0.15, 0.2) is 0 Å². The zero-order valence-corrected chi connectivity index (χ0v) is 13.0. The van der Waals surface area contributed by atoms with E-state index in [9.17, 15) is 4.79 Å². The Hall–Kier alpha value is -1.59. The third-order valence-electron chi connectivity index (χ3n) is 3.72. The van der Waals surface area contributed by atoms with Gasteiger partial charge < -0.3 is 19.7 Å². The van der Waals surface area contributed by atoms with Crippen LogP contribution in [0.1, 0.15) is 12.5 Å². The topological polar surface area (TPSA) is 50.8 Å². The molecule has 1 aromatic carbocycles. The number of hydrogen-bond acceptors (Lipinski definition) is 4. The molecule has 1 amide bonds. The van der Waals surface area contributed by atoms with Crippen LogP contribution in [0.15, 0.2) is 24.3 Å². The van der Waals surface area contributed by atoms with Crippen LogP contribution in [-0.2, 0) is 16.0 Å². The molecule has 5 nitrogen and oxygen atoms in total. The van der Waals surface area contributed by atoms with Crippen LogP contribution in [0.25, 0.3) is 0 Å². The lowest BCUT2D eigenvalue weighted by Crippen LogP contribution is -2.44. The SMILES string of the molecule is CCO[C@H]1CN(C)C[C@@H]1NC(=O)Cc1ccccc1OC. The number of para-hydroxylation sites is 1. The maximum Gasteiger partial charge on any atom is 0.224 e. The van der Waals surface area contributed by atoms with E-state index < -0.39 is 0 Å². The molecule has 1 aliphatic rings. The Morgan fingerprint density at radius 1 is 1.38 bits per heavy atom. The molecule has 2 rings (SSSR count). The lowest BCUT2D eigenvalue weighted by atomic mass is 10.1. The minimum Gasteiger partial charge on any atom is -0.496 e. The molecule has 2 atom stereocenters. The zero-order valence-electron chi connectivity index (χ0n) is 13.0. The number of nitrogens with zero attached hydrogens (tertiary/aromatic N) is 1. The van der Waals surface area contributed by atoms with Crippen LogP contribution >= 0.6 is 0 Å². The molecular weight excluding hydrogens is 268 g/mol. The second-order valence-corrected chi connectivity index (χ2v) is 5.38. The highest BCUT2D eigenvalue weighted by Crippen LogP contribution is 2.18. The molecule has 0 aromatic heterocycles. The standard InChI is InChI=1S/C16H24N2O3/c1-4-21-15-11-18(2)10-13(15)17-16(19)9-12-7-5-6-8-14(12)20-3/h5-8,13,15H,4,9-11H2,1-3H3,(H,17,19)/t13-,15-/m0/s1. The van der Waals surface area contributed by atoms with Crippen molar-refractivity contribution in [2.24, 2.45) is 0 Å². The Labute approximate surface area is 126 Å². The van der Waals surface area contributed by atoms with E-state index in [-0.39, 0.29) is 18.1 Å². The van der Waals surface area contributed by atoms with Gasteiger partial charge in [-0.25, -0.2) is 0 Å². The Balaban J connectivity index is 1.95. The van der Waals surface area contributed by atoms with Gasteiger partial charge in [0.25, 0.3) is 0 Å². The number of hydrogen-bond donors (Lipinski definition) is 1. The second-order valence-electron chi connectivity index (χ2n) is 5.38. The fraction of sp³-hybridized carbons (Fsp3) is 0.562. The van der Waals surface area contributed by atoms with E-state index in [2.05, 4.69) is 10.2 Å². The number of carbonyl (C=O) groups is 1. The summed E-state index contributed by atoms with van der Waals surface area (Å²) in [4.78, 5) is 14.4. The Morgan fingerprint density at radius 2 is 2.14 bits per heavy atom. The summed E-state index contributed by atoms with van der Waals surface area (Å²) in [6.45, 7) is 4.32. The van der Waals surface area contributed by atoms with Crippen molar-refractivity contribution in [3.05, 3.63) is 29.8 Å². The van der Waals surface area contributed by atoms with E-state index in [1.807, 2.05) is 38.2 Å². The third kappa shape index (κ3) is 4.19. The van der Waals surface area contributed by atoms with Crippen molar-refractivity contribution in [2.75, 3.05) is 33.9 Å². The Kier molecular flexibility index (Phi) is 5.59. The van der Waals surface area contributed by atoms with Crippen LogP contribution in [-0.4, -0.2) is 56.8 Å². The number of methoxy groups -OCH3 is 1.